The van der Waals surface area contributed by atoms with E-state index < -0.39 is 0 Å². The Morgan fingerprint density at radius 3 is 2.90 bits per heavy atom. The van der Waals surface area contributed by atoms with Crippen LogP contribution in [0, 0.1) is 12.8 Å². The number of hydrogen-bond acceptors (Lipinski definition) is 3. The smallest absolute Gasteiger partial charge is 0.263 e. The minimum Gasteiger partial charge on any atom is -0.356 e. The molecule has 21 heavy (non-hydrogen) atoms. The summed E-state index contributed by atoms with van der Waals surface area (Å²) >= 11 is 1.55. The second-order valence-electron chi connectivity index (χ2n) is 5.72. The zero-order valence-corrected chi connectivity index (χ0v) is 13.7. The van der Waals surface area contributed by atoms with Crippen LogP contribution in [0.3, 0.4) is 0 Å². The van der Waals surface area contributed by atoms with E-state index in [0.717, 1.165) is 37.2 Å². The molecule has 1 aliphatic heterocycles. The van der Waals surface area contributed by atoms with Gasteiger partial charge in [-0.3, -0.25) is 9.59 Å². The van der Waals surface area contributed by atoms with Gasteiger partial charge in [0.15, 0.2) is 0 Å². The van der Waals surface area contributed by atoms with Crippen LogP contribution in [-0.4, -0.2) is 36.3 Å². The summed E-state index contributed by atoms with van der Waals surface area (Å²) in [4.78, 5) is 27.9. The Bertz CT molecular complexity index is 498. The average molecular weight is 308 g/mol. The van der Waals surface area contributed by atoms with Crippen molar-refractivity contribution in [1.29, 1.82) is 0 Å². The molecule has 1 atom stereocenters. The third-order valence-corrected chi connectivity index (χ3v) is 4.81. The van der Waals surface area contributed by atoms with Crippen molar-refractivity contribution >= 4 is 23.2 Å². The van der Waals surface area contributed by atoms with Gasteiger partial charge in [0.25, 0.3) is 5.91 Å². The highest BCUT2D eigenvalue weighted by molar-refractivity contribution is 7.13. The quantitative estimate of drug-likeness (QED) is 0.909. The molecule has 0 saturated carbocycles. The highest BCUT2D eigenvalue weighted by Crippen LogP contribution is 2.22. The molecule has 0 bridgehead atoms. The topological polar surface area (TPSA) is 49.4 Å². The molecule has 0 spiro atoms. The van der Waals surface area contributed by atoms with Gasteiger partial charge in [0, 0.05) is 30.9 Å². The molecule has 5 heteroatoms. The molecule has 2 heterocycles. The average Bonchev–Trinajstić information content (AvgIpc) is 2.91. The molecule has 1 aromatic heterocycles. The fraction of sp³-hybridized carbons (Fsp3) is 0.625. The zero-order valence-electron chi connectivity index (χ0n) is 12.9. The van der Waals surface area contributed by atoms with Crippen LogP contribution in [0.25, 0.3) is 0 Å². The lowest BCUT2D eigenvalue weighted by Crippen LogP contribution is -2.43. The second-order valence-corrected chi connectivity index (χ2v) is 7.01. The number of nitrogens with one attached hydrogen (secondary N) is 1. The molecule has 0 unspecified atom stereocenters. The number of carbonyl (C=O) groups excluding carboxylic acids is 2. The Morgan fingerprint density at radius 2 is 2.24 bits per heavy atom. The minimum atomic E-state index is 0.120. The maximum absolute atomic E-state index is 12.4. The lowest BCUT2D eigenvalue weighted by molar-refractivity contribution is -0.121. The molecule has 1 fully saturated rings. The Kier molecular flexibility index (Phi) is 5.79. The maximum atomic E-state index is 12.4. The molecule has 1 aliphatic rings. The van der Waals surface area contributed by atoms with Gasteiger partial charge in [-0.15, -0.1) is 11.3 Å². The number of likely N-dealkylation sites (tertiary alicyclic amines) is 1. The van der Waals surface area contributed by atoms with E-state index in [9.17, 15) is 9.59 Å². The molecular formula is C16H24N2O2S. The number of nitrogens with zero attached hydrogens (tertiary/aromatic N) is 1. The van der Waals surface area contributed by atoms with E-state index >= 15 is 0 Å². The van der Waals surface area contributed by atoms with Crippen molar-refractivity contribution in [3.8, 4) is 0 Å². The first kappa shape index (κ1) is 16.0. The molecule has 1 aromatic rings. The van der Waals surface area contributed by atoms with Crippen molar-refractivity contribution in [3.05, 3.63) is 21.9 Å². The molecule has 2 amide bonds. The predicted octanol–water partition coefficient (Wildman–Crippen LogP) is 2.83. The number of hydrogen-bond donors (Lipinski definition) is 1. The van der Waals surface area contributed by atoms with Crippen molar-refractivity contribution in [3.63, 3.8) is 0 Å². The summed E-state index contributed by atoms with van der Waals surface area (Å²) in [5, 5.41) is 2.98. The maximum Gasteiger partial charge on any atom is 0.263 e. The van der Waals surface area contributed by atoms with Crippen molar-refractivity contribution in [2.24, 2.45) is 5.92 Å². The summed E-state index contributed by atoms with van der Waals surface area (Å²) in [7, 11) is 0. The predicted molar refractivity (Wildman–Crippen MR) is 85.6 cm³/mol. The molecule has 0 radical (unpaired) electrons. The monoisotopic (exact) mass is 308 g/mol. The number of carbonyl (C=O) groups is 2. The van der Waals surface area contributed by atoms with Crippen LogP contribution in [0.15, 0.2) is 12.1 Å². The largest absolute Gasteiger partial charge is 0.356 e. The molecule has 0 aromatic carbocycles. The highest BCUT2D eigenvalue weighted by atomic mass is 32.1. The van der Waals surface area contributed by atoms with Gasteiger partial charge >= 0.3 is 0 Å². The number of piperidine rings is 1. The molecule has 116 valence electrons. The molecule has 1 saturated heterocycles. The fourth-order valence-electron chi connectivity index (χ4n) is 2.70. The SMILES string of the molecule is CCCC(=O)NC[C@@H]1CCCN(C(=O)c2ccc(C)s2)C1. The normalized spacial score (nSPS) is 18.6. The summed E-state index contributed by atoms with van der Waals surface area (Å²) in [5.74, 6) is 0.636. The van der Waals surface area contributed by atoms with E-state index in [2.05, 4.69) is 5.32 Å². The van der Waals surface area contributed by atoms with E-state index in [1.807, 2.05) is 30.9 Å². The Balaban J connectivity index is 1.85. The van der Waals surface area contributed by atoms with Crippen molar-refractivity contribution in [2.75, 3.05) is 19.6 Å². The van der Waals surface area contributed by atoms with Crippen molar-refractivity contribution in [2.45, 2.75) is 39.5 Å². The van der Waals surface area contributed by atoms with Gasteiger partial charge in [-0.05, 0) is 44.2 Å². The zero-order chi connectivity index (χ0) is 15.2. The van der Waals surface area contributed by atoms with E-state index in [-0.39, 0.29) is 11.8 Å². The summed E-state index contributed by atoms with van der Waals surface area (Å²) in [6.07, 6.45) is 3.56. The Labute approximate surface area is 130 Å². The lowest BCUT2D eigenvalue weighted by atomic mass is 9.97. The van der Waals surface area contributed by atoms with Crippen LogP contribution < -0.4 is 5.32 Å². The van der Waals surface area contributed by atoms with Crippen LogP contribution in [0.5, 0.6) is 0 Å². The van der Waals surface area contributed by atoms with Crippen molar-refractivity contribution in [1.82, 2.24) is 10.2 Å². The number of amides is 2. The van der Waals surface area contributed by atoms with Gasteiger partial charge < -0.3 is 10.2 Å². The summed E-state index contributed by atoms with van der Waals surface area (Å²) < 4.78 is 0. The van der Waals surface area contributed by atoms with Gasteiger partial charge in [0.2, 0.25) is 5.91 Å². The number of thiophene rings is 1. The second kappa shape index (κ2) is 7.59. The minimum absolute atomic E-state index is 0.120. The molecule has 4 nitrogen and oxygen atoms in total. The van der Waals surface area contributed by atoms with E-state index in [0.29, 0.717) is 18.9 Å². The summed E-state index contributed by atoms with van der Waals surface area (Å²) in [6, 6.07) is 3.90. The van der Waals surface area contributed by atoms with E-state index in [4.69, 9.17) is 0 Å². The Morgan fingerprint density at radius 1 is 1.43 bits per heavy atom. The number of aryl methyl sites for hydroxylation is 1. The molecular weight excluding hydrogens is 284 g/mol. The van der Waals surface area contributed by atoms with Gasteiger partial charge in [-0.25, -0.2) is 0 Å². The van der Waals surface area contributed by atoms with E-state index in [1.165, 1.54) is 4.88 Å². The number of rotatable bonds is 5. The van der Waals surface area contributed by atoms with Gasteiger partial charge in [0.05, 0.1) is 4.88 Å². The van der Waals surface area contributed by atoms with Crippen LogP contribution >= 0.6 is 11.3 Å². The first-order valence-corrected chi connectivity index (χ1v) is 8.54. The highest BCUT2D eigenvalue weighted by Gasteiger charge is 2.25. The van der Waals surface area contributed by atoms with Gasteiger partial charge in [-0.1, -0.05) is 6.92 Å². The van der Waals surface area contributed by atoms with Gasteiger partial charge in [0.1, 0.15) is 0 Å². The third-order valence-electron chi connectivity index (χ3n) is 3.82. The third kappa shape index (κ3) is 4.56. The van der Waals surface area contributed by atoms with Gasteiger partial charge in [-0.2, -0.15) is 0 Å². The Hall–Kier alpha value is -1.36. The molecule has 2 rings (SSSR count). The summed E-state index contributed by atoms with van der Waals surface area (Å²) in [5.41, 5.74) is 0. The first-order chi connectivity index (χ1) is 10.1. The molecule has 1 N–H and O–H groups in total. The standard InChI is InChI=1S/C16H24N2O2S/c1-3-5-15(19)17-10-13-6-4-9-18(11-13)16(20)14-8-7-12(2)21-14/h7-8,13H,3-6,9-11H2,1-2H3,(H,17,19)/t13-/m0/s1. The first-order valence-electron chi connectivity index (χ1n) is 7.72. The van der Waals surface area contributed by atoms with Crippen molar-refractivity contribution < 1.29 is 9.59 Å². The molecule has 0 aliphatic carbocycles. The van der Waals surface area contributed by atoms with Crippen LogP contribution in [-0.2, 0) is 4.79 Å². The summed E-state index contributed by atoms with van der Waals surface area (Å²) in [6.45, 7) is 6.29. The van der Waals surface area contributed by atoms with Crippen LogP contribution in [0.2, 0.25) is 0 Å². The van der Waals surface area contributed by atoms with Crippen LogP contribution in [0.1, 0.15) is 47.2 Å². The van der Waals surface area contributed by atoms with E-state index in [1.54, 1.807) is 11.3 Å². The lowest BCUT2D eigenvalue weighted by Gasteiger charge is -2.32. The fourth-order valence-corrected chi connectivity index (χ4v) is 3.53. The van der Waals surface area contributed by atoms with Crippen LogP contribution in [0.4, 0.5) is 0 Å².